The van der Waals surface area contributed by atoms with Crippen LogP contribution in [-0.2, 0) is 22.4 Å². The van der Waals surface area contributed by atoms with Gasteiger partial charge in [0.1, 0.15) is 5.75 Å². The van der Waals surface area contributed by atoms with Crippen LogP contribution in [0, 0.1) is 5.92 Å². The molecule has 9 heteroatoms. The molecule has 0 spiro atoms. The van der Waals surface area contributed by atoms with E-state index in [0.29, 0.717) is 11.5 Å². The Hall–Kier alpha value is -3.30. The molecule has 0 saturated carbocycles. The summed E-state index contributed by atoms with van der Waals surface area (Å²) in [5, 5.41) is 35.3. The molecule has 0 aliphatic heterocycles. The number of aliphatic carboxylic acids is 2. The Labute approximate surface area is 205 Å². The number of phenols is 1. The lowest BCUT2D eigenvalue weighted by molar-refractivity contribution is -0.159. The van der Waals surface area contributed by atoms with Crippen LogP contribution in [0.4, 0.5) is 0 Å². The fourth-order valence-corrected chi connectivity index (χ4v) is 4.25. The normalized spacial score (nSPS) is 16.6. The number of carboxylic acid groups (broad SMARTS) is 2. The number of methoxy groups -OCH3 is 2. The van der Waals surface area contributed by atoms with Gasteiger partial charge in [0.2, 0.25) is 0 Å². The molecule has 1 aliphatic carbocycles. The van der Waals surface area contributed by atoms with E-state index in [0.717, 1.165) is 67.6 Å². The van der Waals surface area contributed by atoms with Crippen LogP contribution in [0.2, 0.25) is 0 Å². The lowest BCUT2D eigenvalue weighted by Crippen LogP contribution is -2.25. The largest absolute Gasteiger partial charge is 0.508 e. The van der Waals surface area contributed by atoms with Gasteiger partial charge in [0.25, 0.3) is 0 Å². The summed E-state index contributed by atoms with van der Waals surface area (Å²) in [5.41, 5.74) is 3.30. The van der Waals surface area contributed by atoms with E-state index < -0.39 is 18.0 Å². The van der Waals surface area contributed by atoms with Gasteiger partial charge in [-0.3, -0.25) is 0 Å². The zero-order valence-corrected chi connectivity index (χ0v) is 20.4. The molecule has 4 N–H and O–H groups in total. The number of nitrogens with zero attached hydrogens (tertiary/aromatic N) is 1. The Morgan fingerprint density at radius 1 is 1.03 bits per heavy atom. The third kappa shape index (κ3) is 8.45. The summed E-state index contributed by atoms with van der Waals surface area (Å²) in [4.78, 5) is 20.5. The number of aromatic hydroxyl groups is 1. The minimum Gasteiger partial charge on any atom is -0.508 e. The zero-order valence-electron chi connectivity index (χ0n) is 20.4. The highest BCUT2D eigenvalue weighted by atomic mass is 16.5. The highest BCUT2D eigenvalue weighted by molar-refractivity contribution is 6.27. The van der Waals surface area contributed by atoms with E-state index in [1.54, 1.807) is 20.3 Å². The molecular weight excluding hydrogens is 454 g/mol. The summed E-state index contributed by atoms with van der Waals surface area (Å²) in [6, 6.07) is 11.4. The minimum atomic E-state index is -1.82. The molecule has 0 heterocycles. The van der Waals surface area contributed by atoms with E-state index in [9.17, 15) is 10.2 Å². The van der Waals surface area contributed by atoms with Crippen molar-refractivity contribution in [1.82, 2.24) is 4.90 Å². The molecule has 2 atom stereocenters. The Kier molecular flexibility index (Phi) is 10.8. The highest BCUT2D eigenvalue weighted by Crippen LogP contribution is 2.41. The van der Waals surface area contributed by atoms with Crippen LogP contribution in [0.3, 0.4) is 0 Å². The van der Waals surface area contributed by atoms with Crippen molar-refractivity contribution in [2.45, 2.75) is 38.2 Å². The fraction of sp³-hybridized carbons (Fsp3) is 0.462. The number of hydrogen-bond donors (Lipinski definition) is 4. The van der Waals surface area contributed by atoms with Crippen molar-refractivity contribution in [1.29, 1.82) is 0 Å². The number of carbonyl (C=O) groups is 2. The van der Waals surface area contributed by atoms with Crippen LogP contribution in [-0.4, -0.2) is 71.6 Å². The van der Waals surface area contributed by atoms with Crippen LogP contribution in [0.1, 0.15) is 42.1 Å². The molecule has 35 heavy (non-hydrogen) atoms. The van der Waals surface area contributed by atoms with E-state index in [1.165, 1.54) is 0 Å². The van der Waals surface area contributed by atoms with Gasteiger partial charge in [0, 0.05) is 6.54 Å². The van der Waals surface area contributed by atoms with Gasteiger partial charge in [0.05, 0.1) is 20.3 Å². The maximum Gasteiger partial charge on any atom is 0.414 e. The Morgan fingerprint density at radius 3 is 2.29 bits per heavy atom. The molecule has 2 aromatic carbocycles. The average molecular weight is 490 g/mol. The van der Waals surface area contributed by atoms with Gasteiger partial charge in [-0.15, -0.1) is 0 Å². The van der Waals surface area contributed by atoms with Crippen molar-refractivity contribution in [3.63, 3.8) is 0 Å². The van der Waals surface area contributed by atoms with Gasteiger partial charge >= 0.3 is 11.9 Å². The van der Waals surface area contributed by atoms with Crippen LogP contribution in [0.25, 0.3) is 0 Å². The van der Waals surface area contributed by atoms with E-state index in [1.807, 2.05) is 30.3 Å². The Bertz CT molecular complexity index is 981. The smallest absolute Gasteiger partial charge is 0.414 e. The SMILES string of the molecule is COc1cc2c(cc1OC)C(O)C(CCCN(C)CCc1cccc(O)c1)CC2.O=C(O)C(=O)O. The molecule has 2 aromatic rings. The van der Waals surface area contributed by atoms with Crippen molar-refractivity contribution >= 4 is 11.9 Å². The number of fused-ring (bicyclic) bond motifs is 1. The van der Waals surface area contributed by atoms with E-state index in [-0.39, 0.29) is 5.92 Å². The number of benzene rings is 2. The van der Waals surface area contributed by atoms with Crippen LogP contribution in [0.15, 0.2) is 36.4 Å². The topological polar surface area (TPSA) is 137 Å². The average Bonchev–Trinajstić information content (AvgIpc) is 2.83. The van der Waals surface area contributed by atoms with Gasteiger partial charge in [-0.1, -0.05) is 12.1 Å². The van der Waals surface area contributed by atoms with Crippen molar-refractivity contribution in [2.75, 3.05) is 34.4 Å². The van der Waals surface area contributed by atoms with Crippen molar-refractivity contribution in [2.24, 2.45) is 5.92 Å². The second-order valence-corrected chi connectivity index (χ2v) is 8.63. The Balaban J connectivity index is 0.000000641. The third-order valence-electron chi connectivity index (χ3n) is 6.19. The quantitative estimate of drug-likeness (QED) is 0.392. The number of likely N-dealkylation sites (N-methyl/N-ethyl adjacent to an activating group) is 1. The maximum atomic E-state index is 10.9. The number of aliphatic hydroxyl groups excluding tert-OH is 1. The van der Waals surface area contributed by atoms with Crippen LogP contribution >= 0.6 is 0 Å². The summed E-state index contributed by atoms with van der Waals surface area (Å²) in [6.45, 7) is 1.96. The molecule has 0 amide bonds. The van der Waals surface area contributed by atoms with Gasteiger partial charge in [-0.25, -0.2) is 9.59 Å². The summed E-state index contributed by atoms with van der Waals surface area (Å²) in [5.74, 6) is -1.64. The number of carboxylic acids is 2. The lowest BCUT2D eigenvalue weighted by Gasteiger charge is -2.31. The maximum absolute atomic E-state index is 10.9. The molecule has 0 radical (unpaired) electrons. The van der Waals surface area contributed by atoms with Gasteiger partial charge in [0.15, 0.2) is 11.5 Å². The number of phenolic OH excluding ortho intramolecular Hbond substituents is 1. The first-order chi connectivity index (χ1) is 16.7. The van der Waals surface area contributed by atoms with Gasteiger partial charge in [-0.2, -0.15) is 0 Å². The number of rotatable bonds is 9. The van der Waals surface area contributed by atoms with Crippen LogP contribution < -0.4 is 9.47 Å². The monoisotopic (exact) mass is 489 g/mol. The molecule has 0 aromatic heterocycles. The van der Waals surface area contributed by atoms with Crippen molar-refractivity contribution in [3.8, 4) is 17.2 Å². The highest BCUT2D eigenvalue weighted by Gasteiger charge is 2.29. The summed E-state index contributed by atoms with van der Waals surface area (Å²) < 4.78 is 10.8. The van der Waals surface area contributed by atoms with E-state index in [4.69, 9.17) is 29.3 Å². The first kappa shape index (κ1) is 27.9. The lowest BCUT2D eigenvalue weighted by atomic mass is 9.79. The van der Waals surface area contributed by atoms with E-state index in [2.05, 4.69) is 11.9 Å². The molecule has 2 unspecified atom stereocenters. The Morgan fingerprint density at radius 2 is 1.69 bits per heavy atom. The first-order valence-corrected chi connectivity index (χ1v) is 11.5. The molecule has 0 bridgehead atoms. The second-order valence-electron chi connectivity index (χ2n) is 8.63. The number of hydrogen-bond acceptors (Lipinski definition) is 7. The molecule has 9 nitrogen and oxygen atoms in total. The first-order valence-electron chi connectivity index (χ1n) is 11.5. The van der Waals surface area contributed by atoms with Gasteiger partial charge < -0.3 is 34.8 Å². The van der Waals surface area contributed by atoms with Crippen molar-refractivity contribution in [3.05, 3.63) is 53.1 Å². The molecular formula is C26H35NO8. The van der Waals surface area contributed by atoms with Gasteiger partial charge in [-0.05, 0) is 92.6 Å². The minimum absolute atomic E-state index is 0.278. The molecule has 0 saturated heterocycles. The fourth-order valence-electron chi connectivity index (χ4n) is 4.25. The summed E-state index contributed by atoms with van der Waals surface area (Å²) >= 11 is 0. The van der Waals surface area contributed by atoms with Crippen molar-refractivity contribution < 1.29 is 39.5 Å². The van der Waals surface area contributed by atoms with E-state index >= 15 is 0 Å². The predicted octanol–water partition coefficient (Wildman–Crippen LogP) is 3.12. The molecule has 0 fully saturated rings. The summed E-state index contributed by atoms with van der Waals surface area (Å²) in [6.07, 6.45) is 4.50. The third-order valence-corrected chi connectivity index (χ3v) is 6.19. The standard InChI is InChI=1S/C24H33NO4.C2H2O4/c1-25(13-11-17-6-4-8-20(26)14-17)12-5-7-18-9-10-19-15-22(28-2)23(29-3)16-21(19)24(18)27;3-1(4)2(5)6/h4,6,8,14-16,18,24,26-27H,5,7,9-13H2,1-3H3;(H,3,4)(H,5,6). The molecule has 192 valence electrons. The summed E-state index contributed by atoms with van der Waals surface area (Å²) in [7, 11) is 5.40. The zero-order chi connectivity index (χ0) is 26.0. The molecule has 1 aliphatic rings. The molecule has 3 rings (SSSR count). The predicted molar refractivity (Wildman–Crippen MR) is 130 cm³/mol. The second kappa shape index (κ2) is 13.6. The van der Waals surface area contributed by atoms with Crippen LogP contribution in [0.5, 0.6) is 17.2 Å². The number of aliphatic hydroxyl groups is 1. The number of ether oxygens (including phenoxy) is 2. The number of aryl methyl sites for hydroxylation is 1.